The zero-order valence-corrected chi connectivity index (χ0v) is 19.0. The van der Waals surface area contributed by atoms with E-state index in [0.717, 1.165) is 34.5 Å². The van der Waals surface area contributed by atoms with Crippen LogP contribution in [-0.2, 0) is 13.1 Å². The highest BCUT2D eigenvalue weighted by molar-refractivity contribution is 14.0. The van der Waals surface area contributed by atoms with E-state index in [1.54, 1.807) is 25.6 Å². The third kappa shape index (κ3) is 6.01. The van der Waals surface area contributed by atoms with Gasteiger partial charge in [-0.1, -0.05) is 12.1 Å². The molecule has 1 aromatic carbocycles. The molecule has 144 valence electrons. The predicted molar refractivity (Wildman–Crippen MR) is 118 cm³/mol. The Labute approximate surface area is 176 Å². The Balaban J connectivity index is 0.00000338. The van der Waals surface area contributed by atoms with Crippen molar-refractivity contribution in [3.8, 4) is 11.5 Å². The van der Waals surface area contributed by atoms with Crippen LogP contribution in [0.25, 0.3) is 0 Å². The number of benzene rings is 1. The fraction of sp³-hybridized carbons (Fsp3) is 0.444. The first kappa shape index (κ1) is 22.5. The molecule has 0 aliphatic rings. The summed E-state index contributed by atoms with van der Waals surface area (Å²) in [7, 11) is 3.28. The summed E-state index contributed by atoms with van der Waals surface area (Å²) >= 11 is 1.71. The van der Waals surface area contributed by atoms with Crippen LogP contribution in [0.4, 0.5) is 0 Å². The number of thiazole rings is 1. The second kappa shape index (κ2) is 11.2. The Morgan fingerprint density at radius 1 is 1.19 bits per heavy atom. The molecule has 0 amide bonds. The SMILES string of the molecule is CCNC(=NCc1cccc(OC)c1OC)NCc1sc(C)nc1C.I. The number of nitrogens with one attached hydrogen (secondary N) is 2. The van der Waals surface area contributed by atoms with E-state index in [-0.39, 0.29) is 24.0 Å². The number of guanidine groups is 1. The smallest absolute Gasteiger partial charge is 0.191 e. The predicted octanol–water partition coefficient (Wildman–Crippen LogP) is 3.65. The largest absolute Gasteiger partial charge is 0.493 e. The molecule has 1 heterocycles. The molecule has 2 rings (SSSR count). The molecule has 26 heavy (non-hydrogen) atoms. The number of methoxy groups -OCH3 is 2. The van der Waals surface area contributed by atoms with Crippen LogP contribution in [0.1, 0.15) is 28.1 Å². The lowest BCUT2D eigenvalue weighted by molar-refractivity contribution is 0.352. The number of hydrogen-bond acceptors (Lipinski definition) is 5. The topological polar surface area (TPSA) is 67.8 Å². The second-order valence-corrected chi connectivity index (χ2v) is 6.73. The molecule has 0 spiro atoms. The van der Waals surface area contributed by atoms with E-state index < -0.39 is 0 Å². The number of ether oxygens (including phenoxy) is 2. The first-order valence-electron chi connectivity index (χ1n) is 8.24. The van der Waals surface area contributed by atoms with E-state index in [2.05, 4.69) is 20.6 Å². The van der Waals surface area contributed by atoms with Crippen LogP contribution in [-0.4, -0.2) is 31.7 Å². The maximum Gasteiger partial charge on any atom is 0.191 e. The van der Waals surface area contributed by atoms with Crippen molar-refractivity contribution in [1.29, 1.82) is 0 Å². The van der Waals surface area contributed by atoms with Crippen LogP contribution < -0.4 is 20.1 Å². The molecular weight excluding hydrogens is 463 g/mol. The van der Waals surface area contributed by atoms with E-state index in [1.165, 1.54) is 4.88 Å². The molecule has 6 nitrogen and oxygen atoms in total. The number of para-hydroxylation sites is 1. The molecule has 0 unspecified atom stereocenters. The number of aromatic nitrogens is 1. The Morgan fingerprint density at radius 3 is 2.54 bits per heavy atom. The highest BCUT2D eigenvalue weighted by atomic mass is 127. The summed E-state index contributed by atoms with van der Waals surface area (Å²) < 4.78 is 10.8. The van der Waals surface area contributed by atoms with Gasteiger partial charge < -0.3 is 20.1 Å². The van der Waals surface area contributed by atoms with Gasteiger partial charge in [-0.15, -0.1) is 35.3 Å². The summed E-state index contributed by atoms with van der Waals surface area (Å²) in [6.07, 6.45) is 0. The summed E-state index contributed by atoms with van der Waals surface area (Å²) in [5, 5.41) is 7.71. The first-order valence-corrected chi connectivity index (χ1v) is 9.05. The summed E-state index contributed by atoms with van der Waals surface area (Å²) in [6.45, 7) is 8.10. The fourth-order valence-corrected chi connectivity index (χ4v) is 3.36. The van der Waals surface area contributed by atoms with Gasteiger partial charge in [0.2, 0.25) is 0 Å². The molecule has 0 bridgehead atoms. The molecule has 0 aliphatic carbocycles. The molecule has 2 N–H and O–H groups in total. The number of nitrogens with zero attached hydrogens (tertiary/aromatic N) is 2. The summed E-state index contributed by atoms with van der Waals surface area (Å²) in [4.78, 5) is 10.3. The van der Waals surface area contributed by atoms with Crippen LogP contribution in [0.3, 0.4) is 0 Å². The summed E-state index contributed by atoms with van der Waals surface area (Å²) in [5.41, 5.74) is 2.05. The van der Waals surface area contributed by atoms with Gasteiger partial charge in [0.25, 0.3) is 0 Å². The maximum atomic E-state index is 5.47. The third-order valence-electron chi connectivity index (χ3n) is 3.65. The quantitative estimate of drug-likeness (QED) is 0.353. The van der Waals surface area contributed by atoms with Gasteiger partial charge in [-0.25, -0.2) is 9.98 Å². The third-order valence-corrected chi connectivity index (χ3v) is 4.73. The van der Waals surface area contributed by atoms with Crippen LogP contribution in [0, 0.1) is 13.8 Å². The molecule has 8 heteroatoms. The Hall–Kier alpha value is -1.55. The number of rotatable bonds is 7. The van der Waals surface area contributed by atoms with Crippen molar-refractivity contribution >= 4 is 41.3 Å². The van der Waals surface area contributed by atoms with E-state index in [0.29, 0.717) is 18.8 Å². The van der Waals surface area contributed by atoms with Crippen molar-refractivity contribution in [3.05, 3.63) is 39.3 Å². The average molecular weight is 490 g/mol. The van der Waals surface area contributed by atoms with Crippen molar-refractivity contribution < 1.29 is 9.47 Å². The van der Waals surface area contributed by atoms with Gasteiger partial charge in [-0.2, -0.15) is 0 Å². The van der Waals surface area contributed by atoms with Crippen molar-refractivity contribution in [2.75, 3.05) is 20.8 Å². The molecule has 0 aliphatic heterocycles. The molecule has 0 saturated carbocycles. The fourth-order valence-electron chi connectivity index (χ4n) is 2.49. The van der Waals surface area contributed by atoms with Gasteiger partial charge in [0.1, 0.15) is 0 Å². The van der Waals surface area contributed by atoms with E-state index in [4.69, 9.17) is 9.47 Å². The highest BCUT2D eigenvalue weighted by Gasteiger charge is 2.10. The summed E-state index contributed by atoms with van der Waals surface area (Å²) in [5.74, 6) is 2.19. The average Bonchev–Trinajstić information content (AvgIpc) is 2.94. The van der Waals surface area contributed by atoms with Crippen LogP contribution >= 0.6 is 35.3 Å². The van der Waals surface area contributed by atoms with Gasteiger partial charge in [0.05, 0.1) is 38.0 Å². The van der Waals surface area contributed by atoms with Crippen LogP contribution in [0.5, 0.6) is 11.5 Å². The Morgan fingerprint density at radius 2 is 1.96 bits per heavy atom. The van der Waals surface area contributed by atoms with Crippen molar-refractivity contribution in [3.63, 3.8) is 0 Å². The molecule has 0 fully saturated rings. The van der Waals surface area contributed by atoms with E-state index >= 15 is 0 Å². The first-order chi connectivity index (χ1) is 12.1. The molecule has 2 aromatic rings. The zero-order valence-electron chi connectivity index (χ0n) is 15.9. The van der Waals surface area contributed by atoms with Gasteiger partial charge in [0.15, 0.2) is 17.5 Å². The zero-order chi connectivity index (χ0) is 18.2. The minimum absolute atomic E-state index is 0. The lowest BCUT2D eigenvalue weighted by Crippen LogP contribution is -2.36. The van der Waals surface area contributed by atoms with Crippen LogP contribution in [0.15, 0.2) is 23.2 Å². The van der Waals surface area contributed by atoms with Gasteiger partial charge in [-0.05, 0) is 26.8 Å². The van der Waals surface area contributed by atoms with Crippen molar-refractivity contribution in [1.82, 2.24) is 15.6 Å². The van der Waals surface area contributed by atoms with Crippen LogP contribution in [0.2, 0.25) is 0 Å². The van der Waals surface area contributed by atoms with Crippen molar-refractivity contribution in [2.24, 2.45) is 4.99 Å². The minimum Gasteiger partial charge on any atom is -0.493 e. The molecule has 1 aromatic heterocycles. The highest BCUT2D eigenvalue weighted by Crippen LogP contribution is 2.31. The van der Waals surface area contributed by atoms with Gasteiger partial charge in [-0.3, -0.25) is 0 Å². The normalized spacial score (nSPS) is 10.9. The molecule has 0 atom stereocenters. The Kier molecular flexibility index (Phi) is 9.71. The second-order valence-electron chi connectivity index (χ2n) is 5.44. The monoisotopic (exact) mass is 490 g/mol. The number of aryl methyl sites for hydroxylation is 2. The lowest BCUT2D eigenvalue weighted by Gasteiger charge is -2.13. The van der Waals surface area contributed by atoms with Gasteiger partial charge >= 0.3 is 0 Å². The number of halogens is 1. The summed E-state index contributed by atoms with van der Waals surface area (Å²) in [6, 6.07) is 5.81. The van der Waals surface area contributed by atoms with Gasteiger partial charge in [0, 0.05) is 17.0 Å². The number of aliphatic imine (C=N–C) groups is 1. The standard InChI is InChI=1S/C18H26N4O2S.HI/c1-6-19-18(21-11-16-12(2)22-13(3)25-16)20-10-14-8-7-9-15(23-4)17(14)24-5;/h7-9H,6,10-11H2,1-5H3,(H2,19,20,21);1H. The van der Waals surface area contributed by atoms with Crippen molar-refractivity contribution in [2.45, 2.75) is 33.9 Å². The molecule has 0 saturated heterocycles. The van der Waals surface area contributed by atoms with E-state index in [9.17, 15) is 0 Å². The Bertz CT molecular complexity index is 734. The maximum absolute atomic E-state index is 5.47. The molecular formula is C18H27IN4O2S. The van der Waals surface area contributed by atoms with E-state index in [1.807, 2.05) is 39.0 Å². The molecule has 0 radical (unpaired) electrons. The number of hydrogen-bond donors (Lipinski definition) is 2. The lowest BCUT2D eigenvalue weighted by atomic mass is 10.2. The minimum atomic E-state index is 0.